The molecule has 3 heterocycles. The molecule has 0 spiro atoms. The Hall–Kier alpha value is -6.24. The van der Waals surface area contributed by atoms with Gasteiger partial charge in [-0.1, -0.05) is 48.5 Å². The molecule has 0 bridgehead atoms. The number of carbonyl (C=O) groups is 2. The summed E-state index contributed by atoms with van der Waals surface area (Å²) in [6, 6.07) is 21.0. The zero-order valence-corrected chi connectivity index (χ0v) is 25.6. The molecule has 0 unspecified atom stereocenters. The average molecular weight is 633 g/mol. The van der Waals surface area contributed by atoms with Crippen LogP contribution >= 0.6 is 22.7 Å². The van der Waals surface area contributed by atoms with Gasteiger partial charge in [0.25, 0.3) is 11.4 Å². The van der Waals surface area contributed by atoms with Crippen molar-refractivity contribution >= 4 is 66.8 Å². The van der Waals surface area contributed by atoms with Crippen LogP contribution in [0.3, 0.4) is 0 Å². The first-order valence-electron chi connectivity index (χ1n) is 13.7. The number of nitriles is 2. The van der Waals surface area contributed by atoms with Gasteiger partial charge in [0, 0.05) is 33.9 Å². The van der Waals surface area contributed by atoms with Crippen LogP contribution < -0.4 is 4.74 Å². The Morgan fingerprint density at radius 1 is 0.761 bits per heavy atom. The molecule has 46 heavy (non-hydrogen) atoms. The van der Waals surface area contributed by atoms with Gasteiger partial charge in [-0.2, -0.15) is 0 Å². The lowest BCUT2D eigenvalue weighted by Crippen LogP contribution is -2.27. The number of fused-ring (bicyclic) bond motifs is 5. The van der Waals surface area contributed by atoms with Crippen molar-refractivity contribution in [3.8, 4) is 27.6 Å². The number of Topliss-reactive ketones (excluding diaryl/α,β-unsaturated/α-hetero) is 2. The van der Waals surface area contributed by atoms with Crippen LogP contribution in [0.25, 0.3) is 30.6 Å². The maximum Gasteiger partial charge on any atom is 0.271 e. The van der Waals surface area contributed by atoms with Gasteiger partial charge >= 0.3 is 0 Å². The Morgan fingerprint density at radius 3 is 1.70 bits per heavy atom. The molecule has 9 nitrogen and oxygen atoms in total. The van der Waals surface area contributed by atoms with Crippen molar-refractivity contribution in [1.82, 2.24) is 0 Å². The van der Waals surface area contributed by atoms with Crippen LogP contribution in [0.4, 0.5) is 10.0 Å². The number of allylic oxidation sites excluding steroid dienone is 4. The molecule has 3 aliphatic rings. The number of aliphatic imine (C=N–C) groups is 2. The number of ketones is 2. The highest BCUT2D eigenvalue weighted by atomic mass is 32.1. The van der Waals surface area contributed by atoms with Gasteiger partial charge in [-0.05, 0) is 31.0 Å². The zero-order valence-electron chi connectivity index (χ0n) is 24.0. The summed E-state index contributed by atoms with van der Waals surface area (Å²) >= 11 is 2.63. The first-order chi connectivity index (χ1) is 22.2. The Bertz CT molecular complexity index is 2380. The van der Waals surface area contributed by atoms with Crippen molar-refractivity contribution in [1.29, 1.82) is 10.5 Å². The van der Waals surface area contributed by atoms with E-state index in [-0.39, 0.29) is 45.5 Å². The highest BCUT2D eigenvalue weighted by Gasteiger charge is 2.39. The molecule has 2 aliphatic carbocycles. The molecule has 0 amide bonds. The van der Waals surface area contributed by atoms with Crippen molar-refractivity contribution in [2.75, 3.05) is 0 Å². The first-order valence-corrected chi connectivity index (χ1v) is 15.3. The maximum atomic E-state index is 13.4. The summed E-state index contributed by atoms with van der Waals surface area (Å²) in [6.07, 6.45) is 0. The zero-order chi connectivity index (χ0) is 32.3. The standard InChI is InChI=1S/C35H16N6O3S2/c1-35(2)21-13-25(40-29-27(22(15-36)38-3)17-9-5-7-11-19(17)31(29)42)45-33(21)34-24(44-35)14-26(46-34)41-30-28(23(16-37)39-4)18-10-6-8-12-20(18)32(30)43/h5-14H,1-2H3/b27-22+,28-23?,40-29?,41-30?. The third-order valence-electron chi connectivity index (χ3n) is 7.76. The van der Waals surface area contributed by atoms with Gasteiger partial charge in [0.15, 0.2) is 0 Å². The van der Waals surface area contributed by atoms with Gasteiger partial charge in [-0.15, -0.1) is 22.7 Å². The fourth-order valence-electron chi connectivity index (χ4n) is 5.75. The van der Waals surface area contributed by atoms with Gasteiger partial charge in [0.05, 0.1) is 35.0 Å². The summed E-state index contributed by atoms with van der Waals surface area (Å²) in [5.74, 6) is -0.181. The number of nitrogens with zero attached hydrogens (tertiary/aromatic N) is 6. The normalized spacial score (nSPS) is 19.2. The fourth-order valence-corrected chi connectivity index (χ4v) is 8.05. The summed E-state index contributed by atoms with van der Waals surface area (Å²) < 4.78 is 6.39. The maximum absolute atomic E-state index is 13.4. The van der Waals surface area contributed by atoms with Crippen LogP contribution in [0.1, 0.15) is 51.3 Å². The smallest absolute Gasteiger partial charge is 0.271 e. The molecule has 1 aliphatic heterocycles. The predicted octanol–water partition coefficient (Wildman–Crippen LogP) is 8.35. The average Bonchev–Trinajstić information content (AvgIpc) is 3.80. The lowest BCUT2D eigenvalue weighted by molar-refractivity contribution is 0.106. The van der Waals surface area contributed by atoms with Crippen LogP contribution in [0.15, 0.2) is 82.0 Å². The van der Waals surface area contributed by atoms with E-state index in [0.29, 0.717) is 38.0 Å². The molecule has 2 aromatic heterocycles. The Labute approximate surface area is 270 Å². The van der Waals surface area contributed by atoms with Crippen molar-refractivity contribution < 1.29 is 14.3 Å². The van der Waals surface area contributed by atoms with Gasteiger partial charge in [-0.3, -0.25) is 9.59 Å². The largest absolute Gasteiger partial charge is 0.481 e. The van der Waals surface area contributed by atoms with Crippen molar-refractivity contribution in [2.24, 2.45) is 9.98 Å². The number of ether oxygens (including phenoxy) is 1. The lowest BCUT2D eigenvalue weighted by atomic mass is 9.95. The quantitative estimate of drug-likeness (QED) is 0.162. The molecule has 11 heteroatoms. The minimum absolute atomic E-state index is 0.0248. The van der Waals surface area contributed by atoms with Gasteiger partial charge in [0.2, 0.25) is 11.6 Å². The van der Waals surface area contributed by atoms with E-state index < -0.39 is 5.60 Å². The second-order valence-electron chi connectivity index (χ2n) is 10.8. The van der Waals surface area contributed by atoms with E-state index in [2.05, 4.69) is 14.7 Å². The number of rotatable bonds is 2. The molecule has 7 rings (SSSR count). The summed E-state index contributed by atoms with van der Waals surface area (Å²) in [5, 5.41) is 20.3. The fraction of sp³-hybridized carbons (Fsp3) is 0.0857. The Kier molecular flexibility index (Phi) is 6.47. The number of thiophene rings is 2. The minimum Gasteiger partial charge on any atom is -0.481 e. The number of benzene rings is 2. The van der Waals surface area contributed by atoms with Crippen LogP contribution in [-0.2, 0) is 5.60 Å². The molecular formula is C35H16N6O3S2. The van der Waals surface area contributed by atoms with Crippen LogP contribution in [0.2, 0.25) is 0 Å². The van der Waals surface area contributed by atoms with E-state index in [1.807, 2.05) is 32.1 Å². The molecular weight excluding hydrogens is 617 g/mol. The Balaban J connectivity index is 1.35. The molecule has 0 atom stereocenters. The molecule has 216 valence electrons. The van der Waals surface area contributed by atoms with E-state index in [0.717, 1.165) is 15.3 Å². The second kappa shape index (κ2) is 10.4. The number of carbonyl (C=O) groups excluding carboxylic acids is 2. The monoisotopic (exact) mass is 632 g/mol. The van der Waals surface area contributed by atoms with Gasteiger partial charge in [0.1, 0.15) is 32.8 Å². The highest BCUT2D eigenvalue weighted by Crippen LogP contribution is 2.56. The van der Waals surface area contributed by atoms with Crippen LogP contribution in [0.5, 0.6) is 5.75 Å². The molecule has 0 fully saturated rings. The third kappa shape index (κ3) is 4.16. The topological polar surface area (TPSA) is 124 Å². The van der Waals surface area contributed by atoms with Crippen LogP contribution in [0, 0.1) is 35.8 Å². The predicted molar refractivity (Wildman–Crippen MR) is 175 cm³/mol. The van der Waals surface area contributed by atoms with Crippen molar-refractivity contribution in [3.05, 3.63) is 123 Å². The van der Waals surface area contributed by atoms with E-state index in [1.54, 1.807) is 54.6 Å². The summed E-state index contributed by atoms with van der Waals surface area (Å²) in [6.45, 7) is 18.9. The second-order valence-corrected chi connectivity index (χ2v) is 12.8. The molecule has 0 N–H and O–H groups in total. The molecule has 0 saturated carbocycles. The van der Waals surface area contributed by atoms with E-state index >= 15 is 0 Å². The molecule has 0 radical (unpaired) electrons. The van der Waals surface area contributed by atoms with Crippen LogP contribution in [-0.4, -0.2) is 23.0 Å². The first kappa shape index (κ1) is 28.5. The SMILES string of the molecule is [C-]#[N+]C(C#N)=C1C(=Nc2cc3c(s2)-c2sc(N=C4C(=O)c5ccccc5/C4=C(/C#N)[N+]#[C-])cc2C(C)(C)O3)C(=O)c2ccccc21. The molecule has 2 aromatic carbocycles. The summed E-state index contributed by atoms with van der Waals surface area (Å²) in [4.78, 5) is 44.5. The van der Waals surface area contributed by atoms with Gasteiger partial charge in [-0.25, -0.2) is 30.2 Å². The summed E-state index contributed by atoms with van der Waals surface area (Å²) in [7, 11) is 0. The minimum atomic E-state index is -0.791. The highest BCUT2D eigenvalue weighted by molar-refractivity contribution is 7.26. The van der Waals surface area contributed by atoms with Crippen molar-refractivity contribution in [2.45, 2.75) is 19.4 Å². The number of hydrogen-bond acceptors (Lipinski definition) is 9. The third-order valence-corrected chi connectivity index (χ3v) is 9.97. The summed E-state index contributed by atoms with van der Waals surface area (Å²) in [5.41, 5.74) is 1.88. The lowest BCUT2D eigenvalue weighted by Gasteiger charge is -2.30. The van der Waals surface area contributed by atoms with E-state index in [4.69, 9.17) is 22.9 Å². The van der Waals surface area contributed by atoms with Gasteiger partial charge < -0.3 is 4.74 Å². The van der Waals surface area contributed by atoms with E-state index in [9.17, 15) is 20.1 Å². The van der Waals surface area contributed by atoms with Crippen molar-refractivity contribution in [3.63, 3.8) is 0 Å². The molecule has 4 aromatic rings. The Morgan fingerprint density at radius 2 is 1.22 bits per heavy atom. The van der Waals surface area contributed by atoms with E-state index in [1.165, 1.54) is 22.7 Å². The number of hydrogen-bond donors (Lipinski definition) is 0. The molecule has 0 saturated heterocycles.